The lowest BCUT2D eigenvalue weighted by molar-refractivity contribution is -0.142. The van der Waals surface area contributed by atoms with Gasteiger partial charge in [-0.25, -0.2) is 9.59 Å². The number of carbonyl (C=O) groups is 2. The Morgan fingerprint density at radius 2 is 2.00 bits per heavy atom. The Bertz CT molecular complexity index is 678. The molecule has 2 amide bonds. The number of hydrogen-bond acceptors (Lipinski definition) is 4. The summed E-state index contributed by atoms with van der Waals surface area (Å²) in [5.41, 5.74) is 0.792. The molecule has 0 aliphatic carbocycles. The molecule has 0 aromatic heterocycles. The van der Waals surface area contributed by atoms with Crippen LogP contribution in [0.3, 0.4) is 0 Å². The maximum absolute atomic E-state index is 12.5. The first-order chi connectivity index (χ1) is 12.0. The second kappa shape index (κ2) is 10.1. The highest BCUT2D eigenvalue weighted by Gasteiger charge is 2.28. The van der Waals surface area contributed by atoms with Crippen molar-refractivity contribution in [2.24, 2.45) is 5.92 Å². The van der Waals surface area contributed by atoms with Crippen LogP contribution in [-0.2, 0) is 20.5 Å². The van der Waals surface area contributed by atoms with Crippen molar-refractivity contribution in [1.82, 2.24) is 10.2 Å². The summed E-state index contributed by atoms with van der Waals surface area (Å²) in [6.45, 7) is 3.78. The van der Waals surface area contributed by atoms with Gasteiger partial charge in [-0.15, -0.1) is 0 Å². The topological polar surface area (TPSA) is 116 Å². The molecule has 1 atom stereocenters. The lowest BCUT2D eigenvalue weighted by atomic mass is 10.1. The fraction of sp³-hybridized carbons (Fsp3) is 0.500. The predicted octanol–water partition coefficient (Wildman–Crippen LogP) is 2.34. The number of rotatable bonds is 8. The smallest absolute Gasteiger partial charge is 0.344 e. The summed E-state index contributed by atoms with van der Waals surface area (Å²) in [5, 5.41) is 2.52. The van der Waals surface area contributed by atoms with Gasteiger partial charge in [0, 0.05) is 17.4 Å². The molecule has 26 heavy (non-hydrogen) atoms. The Labute approximate surface area is 161 Å². The minimum atomic E-state index is -4.44. The van der Waals surface area contributed by atoms with Crippen molar-refractivity contribution >= 4 is 35.5 Å². The van der Waals surface area contributed by atoms with Gasteiger partial charge in [-0.3, -0.25) is 4.57 Å². The Morgan fingerprint density at radius 1 is 1.35 bits per heavy atom. The minimum Gasteiger partial charge on any atom is -0.467 e. The summed E-state index contributed by atoms with van der Waals surface area (Å²) in [7, 11) is -3.22. The summed E-state index contributed by atoms with van der Waals surface area (Å²) in [4.78, 5) is 44.0. The molecule has 0 saturated carbocycles. The Morgan fingerprint density at radius 3 is 2.50 bits per heavy atom. The first kappa shape index (κ1) is 22.6. The molecule has 0 radical (unpaired) electrons. The average molecular weight is 451 g/mol. The number of esters is 1. The van der Waals surface area contributed by atoms with Crippen LogP contribution in [0.25, 0.3) is 0 Å². The van der Waals surface area contributed by atoms with Gasteiger partial charge in [0.05, 0.1) is 7.11 Å². The van der Waals surface area contributed by atoms with Crippen LogP contribution in [0.15, 0.2) is 28.7 Å². The zero-order valence-corrected chi connectivity index (χ0v) is 17.4. The van der Waals surface area contributed by atoms with E-state index in [4.69, 9.17) is 4.74 Å². The van der Waals surface area contributed by atoms with Crippen LogP contribution >= 0.6 is 23.5 Å². The van der Waals surface area contributed by atoms with Gasteiger partial charge in [0.2, 0.25) is 0 Å². The summed E-state index contributed by atoms with van der Waals surface area (Å²) in [6.07, 6.45) is -0.537. The molecule has 0 heterocycles. The highest BCUT2D eigenvalue weighted by atomic mass is 79.9. The molecule has 0 aliphatic rings. The molecule has 146 valence electrons. The molecule has 10 heteroatoms. The van der Waals surface area contributed by atoms with E-state index in [0.29, 0.717) is 0 Å². The predicted molar refractivity (Wildman–Crippen MR) is 101 cm³/mol. The van der Waals surface area contributed by atoms with Crippen molar-refractivity contribution in [3.63, 3.8) is 0 Å². The third-order valence-electron chi connectivity index (χ3n) is 3.34. The Kier molecular flexibility index (Phi) is 8.76. The van der Waals surface area contributed by atoms with E-state index in [1.165, 1.54) is 7.11 Å². The van der Waals surface area contributed by atoms with E-state index in [1.54, 1.807) is 12.1 Å². The van der Waals surface area contributed by atoms with E-state index in [9.17, 15) is 23.9 Å². The van der Waals surface area contributed by atoms with E-state index in [-0.39, 0.29) is 18.9 Å². The van der Waals surface area contributed by atoms with Crippen LogP contribution in [0, 0.1) is 5.92 Å². The van der Waals surface area contributed by atoms with Crippen molar-refractivity contribution in [1.29, 1.82) is 0 Å². The van der Waals surface area contributed by atoms with Crippen molar-refractivity contribution in [2.75, 3.05) is 19.9 Å². The lowest BCUT2D eigenvalue weighted by Crippen LogP contribution is -2.50. The monoisotopic (exact) mass is 450 g/mol. The zero-order chi connectivity index (χ0) is 19.9. The second-order valence-electron chi connectivity index (χ2n) is 6.28. The molecule has 8 nitrogen and oxygen atoms in total. The number of carbonyl (C=O) groups excluding carboxylic acids is 2. The van der Waals surface area contributed by atoms with Crippen molar-refractivity contribution in [2.45, 2.75) is 26.3 Å². The number of halogens is 1. The summed E-state index contributed by atoms with van der Waals surface area (Å²) < 4.78 is 16.9. The third kappa shape index (κ3) is 8.31. The normalized spacial score (nSPS) is 12.6. The van der Waals surface area contributed by atoms with Gasteiger partial charge in [-0.1, -0.05) is 41.9 Å². The summed E-state index contributed by atoms with van der Waals surface area (Å²) in [5.74, 6) is -0.645. The molecule has 1 aromatic carbocycles. The van der Waals surface area contributed by atoms with Crippen LogP contribution in [0.4, 0.5) is 4.79 Å². The quantitative estimate of drug-likeness (QED) is 0.413. The number of hydrogen-bond donors (Lipinski definition) is 3. The number of nitrogens with zero attached hydrogens (tertiary/aromatic N) is 1. The van der Waals surface area contributed by atoms with Crippen molar-refractivity contribution in [3.8, 4) is 0 Å². The van der Waals surface area contributed by atoms with Crippen LogP contribution in [0.1, 0.15) is 19.4 Å². The largest absolute Gasteiger partial charge is 0.467 e. The van der Waals surface area contributed by atoms with Crippen LogP contribution in [0.2, 0.25) is 0 Å². The maximum Gasteiger partial charge on any atom is 0.344 e. The van der Waals surface area contributed by atoms with Gasteiger partial charge >= 0.3 is 19.6 Å². The van der Waals surface area contributed by atoms with E-state index in [1.807, 2.05) is 26.0 Å². The molecular formula is C16H24BrN2O6P. The fourth-order valence-corrected chi connectivity index (χ4v) is 3.48. The Hall–Kier alpha value is -1.41. The Balaban J connectivity index is 2.94. The van der Waals surface area contributed by atoms with Crippen LogP contribution in [-0.4, -0.2) is 52.7 Å². The van der Waals surface area contributed by atoms with Gasteiger partial charge < -0.3 is 24.7 Å². The molecular weight excluding hydrogens is 427 g/mol. The van der Waals surface area contributed by atoms with Gasteiger partial charge in [-0.05, 0) is 23.6 Å². The first-order valence-corrected chi connectivity index (χ1v) is 10.5. The SMILES string of the molecule is COC(=O)[C@H](Cc1cccc(Br)c1)NC(=O)N(CC(C)C)CP(=O)(O)O. The molecule has 1 aromatic rings. The van der Waals surface area contributed by atoms with E-state index < -0.39 is 31.9 Å². The second-order valence-corrected chi connectivity index (χ2v) is 8.81. The first-order valence-electron chi connectivity index (χ1n) is 7.94. The minimum absolute atomic E-state index is 0.00560. The highest BCUT2D eigenvalue weighted by molar-refractivity contribution is 9.10. The molecule has 0 fully saturated rings. The number of methoxy groups -OCH3 is 1. The van der Waals surface area contributed by atoms with Crippen molar-refractivity contribution < 1.29 is 28.7 Å². The van der Waals surface area contributed by atoms with Gasteiger partial charge in [-0.2, -0.15) is 0 Å². The molecule has 0 aliphatic heterocycles. The maximum atomic E-state index is 12.5. The van der Waals surface area contributed by atoms with E-state index in [0.717, 1.165) is 14.9 Å². The average Bonchev–Trinajstić information content (AvgIpc) is 2.51. The molecule has 0 saturated heterocycles. The third-order valence-corrected chi connectivity index (χ3v) is 4.54. The lowest BCUT2D eigenvalue weighted by Gasteiger charge is -2.27. The molecule has 3 N–H and O–H groups in total. The fourth-order valence-electron chi connectivity index (χ4n) is 2.34. The summed E-state index contributed by atoms with van der Waals surface area (Å²) >= 11 is 3.34. The van der Waals surface area contributed by atoms with Crippen LogP contribution < -0.4 is 5.32 Å². The van der Waals surface area contributed by atoms with Gasteiger partial charge in [0.25, 0.3) is 0 Å². The number of amides is 2. The number of ether oxygens (including phenoxy) is 1. The molecule has 1 rings (SSSR count). The summed E-state index contributed by atoms with van der Waals surface area (Å²) in [6, 6.07) is 5.53. The highest BCUT2D eigenvalue weighted by Crippen LogP contribution is 2.35. The molecule has 0 unspecified atom stereocenters. The standard InChI is InChI=1S/C16H24BrN2O6P/c1-11(2)9-19(10-26(22,23)24)16(21)18-14(15(20)25-3)8-12-5-4-6-13(17)7-12/h4-7,11,14H,8-10H2,1-3H3,(H,18,21)(H2,22,23,24)/t14-/m0/s1. The van der Waals surface area contributed by atoms with E-state index >= 15 is 0 Å². The number of urea groups is 1. The number of benzene rings is 1. The zero-order valence-electron chi connectivity index (χ0n) is 14.9. The van der Waals surface area contributed by atoms with Crippen molar-refractivity contribution in [3.05, 3.63) is 34.3 Å². The van der Waals surface area contributed by atoms with E-state index in [2.05, 4.69) is 21.2 Å². The molecule has 0 bridgehead atoms. The number of nitrogens with one attached hydrogen (secondary N) is 1. The van der Waals surface area contributed by atoms with Gasteiger partial charge in [0.15, 0.2) is 0 Å². The van der Waals surface area contributed by atoms with Gasteiger partial charge in [0.1, 0.15) is 12.3 Å². The molecule has 0 spiro atoms. The van der Waals surface area contributed by atoms with Crippen LogP contribution in [0.5, 0.6) is 0 Å².